The lowest BCUT2D eigenvalue weighted by Gasteiger charge is -2.40. The maximum atomic E-state index is 6.81. The van der Waals surface area contributed by atoms with Crippen molar-refractivity contribution in [2.75, 3.05) is 13.2 Å². The van der Waals surface area contributed by atoms with Crippen LogP contribution >= 0.6 is 0 Å². The Morgan fingerprint density at radius 2 is 1.27 bits per heavy atom. The Morgan fingerprint density at radius 1 is 0.818 bits per heavy atom. The van der Waals surface area contributed by atoms with Gasteiger partial charge >= 0.3 is 0 Å². The third-order valence-electron chi connectivity index (χ3n) is 8.72. The summed E-state index contributed by atoms with van der Waals surface area (Å²) in [5.74, 6) is 1.85. The summed E-state index contributed by atoms with van der Waals surface area (Å²) in [7, 11) is -3.63. The predicted octanol–water partition coefficient (Wildman–Crippen LogP) is 8.80. The van der Waals surface area contributed by atoms with Crippen LogP contribution in [-0.4, -0.2) is 29.8 Å². The van der Waals surface area contributed by atoms with Crippen molar-refractivity contribution >= 4 is 22.7 Å². The summed E-state index contributed by atoms with van der Waals surface area (Å²) >= 11 is 0. The number of benzene rings is 1. The lowest BCUT2D eigenvalue weighted by Crippen LogP contribution is -2.45. The van der Waals surface area contributed by atoms with Crippen LogP contribution < -0.4 is 0 Å². The number of allylic oxidation sites excluding steroid dienone is 2. The summed E-state index contributed by atoms with van der Waals surface area (Å²) in [4.78, 5) is 0. The van der Waals surface area contributed by atoms with Gasteiger partial charge in [0.1, 0.15) is 0 Å². The average molecular weight is 487 g/mol. The van der Waals surface area contributed by atoms with Gasteiger partial charge in [0.05, 0.1) is 0 Å². The first-order chi connectivity index (χ1) is 15.1. The third-order valence-corrected chi connectivity index (χ3v) is 17.7. The van der Waals surface area contributed by atoms with E-state index >= 15 is 0 Å². The Balaban J connectivity index is 2.29. The van der Waals surface area contributed by atoms with Gasteiger partial charge in [0, 0.05) is 13.2 Å². The molecule has 0 N–H and O–H groups in total. The largest absolute Gasteiger partial charge is 0.417 e. The van der Waals surface area contributed by atoms with Crippen LogP contribution in [-0.2, 0) is 8.85 Å². The molecule has 0 saturated heterocycles. The molecule has 0 radical (unpaired) electrons. The van der Waals surface area contributed by atoms with E-state index in [1.807, 2.05) is 0 Å². The van der Waals surface area contributed by atoms with E-state index in [1.54, 1.807) is 0 Å². The van der Waals surface area contributed by atoms with Crippen molar-refractivity contribution in [3.05, 3.63) is 54.6 Å². The highest BCUT2D eigenvalue weighted by Crippen LogP contribution is 2.46. The van der Waals surface area contributed by atoms with Crippen molar-refractivity contribution in [3.63, 3.8) is 0 Å². The maximum Gasteiger partial charge on any atom is 0.191 e. The molecule has 1 fully saturated rings. The summed E-state index contributed by atoms with van der Waals surface area (Å²) in [5, 5.41) is 0.432. The first-order valence-corrected chi connectivity index (χ1v) is 18.5. The topological polar surface area (TPSA) is 18.5 Å². The summed E-state index contributed by atoms with van der Waals surface area (Å²) in [6, 6.07) is 10.6. The molecule has 1 aliphatic carbocycles. The molecule has 1 saturated carbocycles. The quantitative estimate of drug-likeness (QED) is 0.256. The van der Waals surface area contributed by atoms with Crippen LogP contribution in [0.4, 0.5) is 0 Å². The molecule has 1 aromatic rings. The standard InChI is InChI=1S/C29H50O2Si2/c1-12-24-20-25(19-18-23-16-14-13-15-17-23)27(22-31-33(10,11)29(5,6)7)26(24)21-30-32(8,9)28(2,3)4/h12-19,24-27H,1,20-22H2,2-11H3/b19-18-/t24-,25+,26+,27-/m0/s1. The molecule has 0 spiro atoms. The third kappa shape index (κ3) is 7.27. The second-order valence-electron chi connectivity index (χ2n) is 13.0. The molecule has 2 rings (SSSR count). The summed E-state index contributed by atoms with van der Waals surface area (Å²) in [5.41, 5.74) is 1.26. The van der Waals surface area contributed by atoms with E-state index < -0.39 is 16.6 Å². The number of rotatable bonds is 9. The fourth-order valence-corrected chi connectivity index (χ4v) is 6.21. The molecule has 33 heavy (non-hydrogen) atoms. The van der Waals surface area contributed by atoms with Crippen LogP contribution in [0.15, 0.2) is 49.1 Å². The van der Waals surface area contributed by atoms with Crippen molar-refractivity contribution in [3.8, 4) is 0 Å². The van der Waals surface area contributed by atoms with Crippen LogP contribution in [0.1, 0.15) is 53.5 Å². The molecule has 0 heterocycles. The lowest BCUT2D eigenvalue weighted by atomic mass is 9.88. The Bertz CT molecular complexity index is 784. The van der Waals surface area contributed by atoms with Crippen LogP contribution in [0, 0.1) is 23.7 Å². The Kier molecular flexibility index (Phi) is 9.23. The van der Waals surface area contributed by atoms with Crippen molar-refractivity contribution in [1.29, 1.82) is 0 Å². The van der Waals surface area contributed by atoms with Gasteiger partial charge < -0.3 is 8.85 Å². The first kappa shape index (κ1) is 28.3. The first-order valence-electron chi connectivity index (χ1n) is 12.7. The van der Waals surface area contributed by atoms with Crippen molar-refractivity contribution in [1.82, 2.24) is 0 Å². The van der Waals surface area contributed by atoms with Gasteiger partial charge in [-0.25, -0.2) is 0 Å². The van der Waals surface area contributed by atoms with Gasteiger partial charge in [-0.1, -0.05) is 90.1 Å². The second kappa shape index (κ2) is 10.8. The molecular formula is C29H50O2Si2. The SMILES string of the molecule is C=C[C@H]1C[C@@H](/C=C\c2ccccc2)[C@H](CO[Si](C)(C)C(C)(C)C)[C@@H]1CO[Si](C)(C)C(C)(C)C. The van der Waals surface area contributed by atoms with Gasteiger partial charge in [0.25, 0.3) is 0 Å². The molecule has 0 unspecified atom stereocenters. The van der Waals surface area contributed by atoms with E-state index in [0.717, 1.165) is 19.6 Å². The Hall–Kier alpha value is -0.946. The normalized spacial score (nSPS) is 25.0. The molecule has 1 aliphatic rings. The summed E-state index contributed by atoms with van der Waals surface area (Å²) < 4.78 is 13.6. The zero-order valence-corrected chi connectivity index (χ0v) is 25.1. The fraction of sp³-hybridized carbons (Fsp3) is 0.655. The minimum Gasteiger partial charge on any atom is -0.417 e. The fourth-order valence-electron chi connectivity index (χ4n) is 4.13. The van der Waals surface area contributed by atoms with Crippen LogP contribution in [0.2, 0.25) is 36.3 Å². The molecule has 0 bridgehead atoms. The van der Waals surface area contributed by atoms with Gasteiger partial charge in [-0.15, -0.1) is 6.58 Å². The molecule has 2 nitrogen and oxygen atoms in total. The Labute approximate surface area is 207 Å². The highest BCUT2D eigenvalue weighted by Gasteiger charge is 2.45. The molecule has 4 heteroatoms. The van der Waals surface area contributed by atoms with E-state index in [4.69, 9.17) is 8.85 Å². The smallest absolute Gasteiger partial charge is 0.191 e. The zero-order chi connectivity index (χ0) is 25.1. The zero-order valence-electron chi connectivity index (χ0n) is 23.1. The average Bonchev–Trinajstić information content (AvgIpc) is 3.05. The minimum absolute atomic E-state index is 0.214. The summed E-state index contributed by atoms with van der Waals surface area (Å²) in [6.07, 6.45) is 8.03. The molecule has 0 aromatic heterocycles. The molecule has 0 aliphatic heterocycles. The van der Waals surface area contributed by atoms with Gasteiger partial charge in [-0.3, -0.25) is 0 Å². The van der Waals surface area contributed by atoms with E-state index in [0.29, 0.717) is 23.7 Å². The van der Waals surface area contributed by atoms with E-state index in [2.05, 4.69) is 123 Å². The van der Waals surface area contributed by atoms with E-state index in [9.17, 15) is 0 Å². The molecule has 0 amide bonds. The van der Waals surface area contributed by atoms with Crippen molar-refractivity contribution < 1.29 is 8.85 Å². The highest BCUT2D eigenvalue weighted by molar-refractivity contribution is 6.74. The van der Waals surface area contributed by atoms with Gasteiger partial charge in [0.15, 0.2) is 16.6 Å². The minimum atomic E-state index is -1.82. The van der Waals surface area contributed by atoms with Crippen molar-refractivity contribution in [2.45, 2.75) is 84.2 Å². The lowest BCUT2D eigenvalue weighted by molar-refractivity contribution is 0.124. The molecule has 1 aromatic carbocycles. The van der Waals surface area contributed by atoms with Crippen LogP contribution in [0.25, 0.3) is 6.08 Å². The van der Waals surface area contributed by atoms with Gasteiger partial charge in [-0.05, 0) is 71.9 Å². The van der Waals surface area contributed by atoms with Crippen LogP contribution in [0.5, 0.6) is 0 Å². The molecular weight excluding hydrogens is 436 g/mol. The van der Waals surface area contributed by atoms with Gasteiger partial charge in [0.2, 0.25) is 0 Å². The van der Waals surface area contributed by atoms with E-state index in [1.165, 1.54) is 5.56 Å². The van der Waals surface area contributed by atoms with Gasteiger partial charge in [-0.2, -0.15) is 0 Å². The van der Waals surface area contributed by atoms with E-state index in [-0.39, 0.29) is 10.1 Å². The highest BCUT2D eigenvalue weighted by atomic mass is 28.4. The van der Waals surface area contributed by atoms with Crippen molar-refractivity contribution in [2.24, 2.45) is 23.7 Å². The molecule has 4 atom stereocenters. The summed E-state index contributed by atoms with van der Waals surface area (Å²) in [6.45, 7) is 29.2. The Morgan fingerprint density at radius 3 is 1.70 bits per heavy atom. The number of hydrogen-bond acceptors (Lipinski definition) is 2. The monoisotopic (exact) mass is 486 g/mol. The number of hydrogen-bond donors (Lipinski definition) is 0. The van der Waals surface area contributed by atoms with Crippen LogP contribution in [0.3, 0.4) is 0 Å². The maximum absolute atomic E-state index is 6.81. The predicted molar refractivity (Wildman–Crippen MR) is 151 cm³/mol. The molecule has 186 valence electrons. The second-order valence-corrected chi connectivity index (χ2v) is 22.7.